The highest BCUT2D eigenvalue weighted by Gasteiger charge is 2.31. The molecule has 0 radical (unpaired) electrons. The Hall–Kier alpha value is -1.64. The molecule has 1 N–H and O–H groups in total. The number of hydrogen-bond acceptors (Lipinski definition) is 5. The van der Waals surface area contributed by atoms with Crippen LogP contribution in [0.15, 0.2) is 38.5 Å². The van der Waals surface area contributed by atoms with Crippen molar-refractivity contribution in [2.75, 3.05) is 19.6 Å². The highest BCUT2D eigenvalue weighted by molar-refractivity contribution is 7.91. The zero-order valence-corrected chi connectivity index (χ0v) is 15.0. The molecular weight excluding hydrogens is 348 g/mol. The quantitative estimate of drug-likeness (QED) is 0.879. The van der Waals surface area contributed by atoms with E-state index in [2.05, 4.69) is 5.32 Å². The van der Waals surface area contributed by atoms with E-state index in [9.17, 15) is 13.2 Å². The van der Waals surface area contributed by atoms with Crippen LogP contribution < -0.4 is 5.32 Å². The van der Waals surface area contributed by atoms with Crippen LogP contribution in [0.3, 0.4) is 0 Å². The summed E-state index contributed by atoms with van der Waals surface area (Å²) in [7, 11) is -3.44. The van der Waals surface area contributed by atoms with E-state index < -0.39 is 10.0 Å². The number of furan rings is 1. The normalized spacial score (nSPS) is 19.3. The molecule has 130 valence electrons. The molecular formula is C16H20N2O4S2. The van der Waals surface area contributed by atoms with E-state index in [4.69, 9.17) is 4.42 Å². The first-order valence-corrected chi connectivity index (χ1v) is 10.2. The average molecular weight is 368 g/mol. The number of rotatable bonds is 5. The number of piperidine rings is 1. The Morgan fingerprint density at radius 3 is 3.00 bits per heavy atom. The summed E-state index contributed by atoms with van der Waals surface area (Å²) in [6, 6.07) is 4.97. The van der Waals surface area contributed by atoms with Crippen LogP contribution in [0.25, 0.3) is 0 Å². The minimum Gasteiger partial charge on any atom is -0.459 e. The van der Waals surface area contributed by atoms with E-state index in [1.807, 2.05) is 12.3 Å². The molecule has 0 bridgehead atoms. The van der Waals surface area contributed by atoms with Crippen LogP contribution in [0.4, 0.5) is 0 Å². The van der Waals surface area contributed by atoms with Crippen molar-refractivity contribution >= 4 is 27.3 Å². The lowest BCUT2D eigenvalue weighted by atomic mass is 10.00. The summed E-state index contributed by atoms with van der Waals surface area (Å²) in [5.74, 6) is 0.103. The first kappa shape index (κ1) is 17.2. The number of amides is 1. The van der Waals surface area contributed by atoms with Crippen LogP contribution in [0.2, 0.25) is 0 Å². The summed E-state index contributed by atoms with van der Waals surface area (Å²) < 4.78 is 32.4. The van der Waals surface area contributed by atoms with Gasteiger partial charge in [0.15, 0.2) is 5.76 Å². The van der Waals surface area contributed by atoms with Crippen LogP contribution in [0.5, 0.6) is 0 Å². The maximum Gasteiger partial charge on any atom is 0.286 e. The molecule has 8 heteroatoms. The summed E-state index contributed by atoms with van der Waals surface area (Å²) in [4.78, 5) is 11.9. The molecule has 3 rings (SSSR count). The molecule has 6 nitrogen and oxygen atoms in total. The Labute approximate surface area is 145 Å². The van der Waals surface area contributed by atoms with Gasteiger partial charge in [-0.15, -0.1) is 11.3 Å². The molecule has 1 unspecified atom stereocenters. The molecule has 1 saturated heterocycles. The van der Waals surface area contributed by atoms with Crippen molar-refractivity contribution in [2.24, 2.45) is 5.92 Å². The van der Waals surface area contributed by atoms with Gasteiger partial charge in [-0.1, -0.05) is 0 Å². The monoisotopic (exact) mass is 368 g/mol. The lowest BCUT2D eigenvalue weighted by molar-refractivity contribution is 0.0914. The summed E-state index contributed by atoms with van der Waals surface area (Å²) in [5, 5.41) is 4.66. The third-order valence-electron chi connectivity index (χ3n) is 4.08. The second-order valence-electron chi connectivity index (χ2n) is 6.00. The van der Waals surface area contributed by atoms with Gasteiger partial charge in [0.25, 0.3) is 15.9 Å². The van der Waals surface area contributed by atoms with Crippen LogP contribution in [-0.2, 0) is 10.0 Å². The van der Waals surface area contributed by atoms with E-state index in [0.717, 1.165) is 18.4 Å². The molecule has 0 aromatic carbocycles. The Balaban J connectivity index is 1.61. The Bertz CT molecular complexity index is 796. The van der Waals surface area contributed by atoms with Crippen LogP contribution >= 0.6 is 11.3 Å². The zero-order valence-electron chi connectivity index (χ0n) is 13.4. The topological polar surface area (TPSA) is 79.6 Å². The molecule has 0 spiro atoms. The van der Waals surface area contributed by atoms with Crippen LogP contribution in [0.1, 0.15) is 29.0 Å². The number of aryl methyl sites for hydroxylation is 1. The minimum absolute atomic E-state index is 0.105. The summed E-state index contributed by atoms with van der Waals surface area (Å²) >= 11 is 1.26. The molecule has 1 aliphatic rings. The maximum absolute atomic E-state index is 12.7. The second-order valence-corrected chi connectivity index (χ2v) is 9.08. The molecule has 1 atom stereocenters. The van der Waals surface area contributed by atoms with E-state index >= 15 is 0 Å². The second kappa shape index (κ2) is 7.08. The van der Waals surface area contributed by atoms with E-state index in [0.29, 0.717) is 23.8 Å². The molecule has 1 amide bonds. The smallest absolute Gasteiger partial charge is 0.286 e. The molecule has 2 aromatic heterocycles. The van der Waals surface area contributed by atoms with Gasteiger partial charge >= 0.3 is 0 Å². The van der Waals surface area contributed by atoms with E-state index in [1.54, 1.807) is 18.2 Å². The van der Waals surface area contributed by atoms with Gasteiger partial charge < -0.3 is 9.73 Å². The zero-order chi connectivity index (χ0) is 17.2. The van der Waals surface area contributed by atoms with Crippen molar-refractivity contribution in [3.05, 3.63) is 41.2 Å². The predicted octanol–water partition coefficient (Wildman–Crippen LogP) is 2.48. The van der Waals surface area contributed by atoms with Crippen molar-refractivity contribution < 1.29 is 17.6 Å². The largest absolute Gasteiger partial charge is 0.459 e. The number of nitrogens with zero attached hydrogens (tertiary/aromatic N) is 1. The Kier molecular flexibility index (Phi) is 5.07. The predicted molar refractivity (Wildman–Crippen MR) is 91.6 cm³/mol. The molecule has 24 heavy (non-hydrogen) atoms. The maximum atomic E-state index is 12.7. The Morgan fingerprint density at radius 2 is 2.33 bits per heavy atom. The lowest BCUT2D eigenvalue weighted by Gasteiger charge is -2.31. The molecule has 1 aliphatic heterocycles. The van der Waals surface area contributed by atoms with Gasteiger partial charge in [0.1, 0.15) is 4.21 Å². The summed E-state index contributed by atoms with van der Waals surface area (Å²) in [5.41, 5.74) is 0.956. The highest BCUT2D eigenvalue weighted by atomic mass is 32.2. The lowest BCUT2D eigenvalue weighted by Crippen LogP contribution is -2.43. The van der Waals surface area contributed by atoms with E-state index in [1.165, 1.54) is 21.9 Å². The van der Waals surface area contributed by atoms with E-state index in [-0.39, 0.29) is 17.6 Å². The third-order valence-corrected chi connectivity index (χ3v) is 7.48. The number of nitrogens with one attached hydrogen (secondary N) is 1. The fourth-order valence-corrected chi connectivity index (χ4v) is 5.75. The number of carbonyl (C=O) groups is 1. The van der Waals surface area contributed by atoms with Gasteiger partial charge in [-0.2, -0.15) is 4.31 Å². The third kappa shape index (κ3) is 3.71. The summed E-state index contributed by atoms with van der Waals surface area (Å²) in [6.07, 6.45) is 3.14. The van der Waals surface area contributed by atoms with Gasteiger partial charge in [0.05, 0.1) is 6.26 Å². The van der Waals surface area contributed by atoms with Gasteiger partial charge in [0.2, 0.25) is 0 Å². The van der Waals surface area contributed by atoms with Gasteiger partial charge in [-0.25, -0.2) is 8.42 Å². The summed E-state index contributed by atoms with van der Waals surface area (Å²) in [6.45, 7) is 3.29. The average Bonchev–Trinajstić information content (AvgIpc) is 3.24. The molecule has 3 heterocycles. The van der Waals surface area contributed by atoms with Crippen molar-refractivity contribution in [1.29, 1.82) is 0 Å². The molecule has 1 fully saturated rings. The van der Waals surface area contributed by atoms with Crippen LogP contribution in [0, 0.1) is 12.8 Å². The minimum atomic E-state index is -3.44. The number of hydrogen-bond donors (Lipinski definition) is 1. The van der Waals surface area contributed by atoms with Crippen LogP contribution in [-0.4, -0.2) is 38.3 Å². The number of carbonyl (C=O) groups excluding carboxylic acids is 1. The highest BCUT2D eigenvalue weighted by Crippen LogP contribution is 2.27. The van der Waals surface area contributed by atoms with Gasteiger partial charge in [-0.3, -0.25) is 4.79 Å². The van der Waals surface area contributed by atoms with Gasteiger partial charge in [-0.05, 0) is 54.8 Å². The SMILES string of the molecule is Cc1csc(S(=O)(=O)N2CCCC(CNC(=O)c3ccco3)C2)c1. The van der Waals surface area contributed by atoms with Gasteiger partial charge in [0, 0.05) is 19.6 Å². The van der Waals surface area contributed by atoms with Crippen molar-refractivity contribution in [1.82, 2.24) is 9.62 Å². The number of sulfonamides is 1. The molecule has 0 aliphatic carbocycles. The first-order valence-electron chi connectivity index (χ1n) is 7.84. The van der Waals surface area contributed by atoms with Crippen molar-refractivity contribution in [3.63, 3.8) is 0 Å². The van der Waals surface area contributed by atoms with Crippen molar-refractivity contribution in [2.45, 2.75) is 24.0 Å². The fourth-order valence-electron chi connectivity index (χ4n) is 2.81. The first-order chi connectivity index (χ1) is 11.5. The van der Waals surface area contributed by atoms with Crippen molar-refractivity contribution in [3.8, 4) is 0 Å². The fraction of sp³-hybridized carbons (Fsp3) is 0.438. The number of thiophene rings is 1. The molecule has 2 aromatic rings. The standard InChI is InChI=1S/C16H20N2O4S2/c1-12-8-15(23-11-12)24(20,21)18-6-2-4-13(10-18)9-17-16(19)14-5-3-7-22-14/h3,5,7-8,11,13H,2,4,6,9-10H2,1H3,(H,17,19). The molecule has 0 saturated carbocycles. The Morgan fingerprint density at radius 1 is 1.50 bits per heavy atom.